The van der Waals surface area contributed by atoms with Gasteiger partial charge in [-0.1, -0.05) is 41.6 Å². The van der Waals surface area contributed by atoms with Crippen LogP contribution in [0.3, 0.4) is 0 Å². The number of thioether (sulfide) groups is 1. The van der Waals surface area contributed by atoms with Crippen molar-refractivity contribution < 1.29 is 14.3 Å². The number of amides is 1. The summed E-state index contributed by atoms with van der Waals surface area (Å²) in [6.07, 6.45) is 1.57. The number of hydrogen-bond donors (Lipinski definition) is 2. The Morgan fingerprint density at radius 2 is 2.04 bits per heavy atom. The summed E-state index contributed by atoms with van der Waals surface area (Å²) >= 11 is 7.17. The number of rotatable bonds is 7. The Balaban J connectivity index is 1.66. The number of carbonyl (C=O) groups excluding carboxylic acids is 1. The molecule has 0 saturated heterocycles. The average Bonchev–Trinajstić information content (AvgIpc) is 3.03. The minimum atomic E-state index is -0.306. The number of halogens is 2. The SMILES string of the molecule is O=C(CSc1ncc(CO)n1Cc1ccc(F)cc1)Nc1cccc(Cl)c1. The highest BCUT2D eigenvalue weighted by Gasteiger charge is 2.13. The molecule has 0 aliphatic rings. The van der Waals surface area contributed by atoms with Crippen molar-refractivity contribution in [3.63, 3.8) is 0 Å². The minimum Gasteiger partial charge on any atom is -0.390 e. The van der Waals surface area contributed by atoms with Crippen LogP contribution in [0.4, 0.5) is 10.1 Å². The lowest BCUT2D eigenvalue weighted by atomic mass is 10.2. The number of imidazole rings is 1. The van der Waals surface area contributed by atoms with Crippen molar-refractivity contribution in [2.24, 2.45) is 0 Å². The van der Waals surface area contributed by atoms with Gasteiger partial charge in [-0.25, -0.2) is 9.37 Å². The molecule has 0 bridgehead atoms. The Morgan fingerprint density at radius 3 is 2.74 bits per heavy atom. The van der Waals surface area contributed by atoms with E-state index in [1.54, 1.807) is 42.6 Å². The second-order valence-electron chi connectivity index (χ2n) is 5.75. The zero-order valence-corrected chi connectivity index (χ0v) is 15.8. The first-order valence-corrected chi connectivity index (χ1v) is 9.49. The van der Waals surface area contributed by atoms with Gasteiger partial charge in [-0.3, -0.25) is 4.79 Å². The van der Waals surface area contributed by atoms with Gasteiger partial charge in [0.2, 0.25) is 5.91 Å². The zero-order valence-electron chi connectivity index (χ0n) is 14.2. The van der Waals surface area contributed by atoms with Crippen molar-refractivity contribution in [3.8, 4) is 0 Å². The van der Waals surface area contributed by atoms with Gasteiger partial charge < -0.3 is 15.0 Å². The molecule has 0 saturated carbocycles. The number of aliphatic hydroxyl groups is 1. The van der Waals surface area contributed by atoms with Crippen LogP contribution in [-0.4, -0.2) is 26.3 Å². The van der Waals surface area contributed by atoms with Crippen LogP contribution in [0.5, 0.6) is 0 Å². The molecule has 3 rings (SSSR count). The molecule has 0 aliphatic carbocycles. The standard InChI is InChI=1S/C19H17ClFN3O2S/c20-14-2-1-3-16(8-14)23-18(26)12-27-19-22-9-17(11-25)24(19)10-13-4-6-15(21)7-5-13/h1-9,25H,10-12H2,(H,23,26). The maximum Gasteiger partial charge on any atom is 0.234 e. The van der Waals surface area contributed by atoms with E-state index in [4.69, 9.17) is 11.6 Å². The van der Waals surface area contributed by atoms with Crippen molar-refractivity contribution in [1.82, 2.24) is 9.55 Å². The van der Waals surface area contributed by atoms with E-state index in [0.29, 0.717) is 28.1 Å². The van der Waals surface area contributed by atoms with Crippen LogP contribution in [0.1, 0.15) is 11.3 Å². The van der Waals surface area contributed by atoms with E-state index in [1.165, 1.54) is 23.9 Å². The number of nitrogens with one attached hydrogen (secondary N) is 1. The molecule has 27 heavy (non-hydrogen) atoms. The van der Waals surface area contributed by atoms with E-state index in [9.17, 15) is 14.3 Å². The van der Waals surface area contributed by atoms with Crippen LogP contribution in [0.25, 0.3) is 0 Å². The number of aliphatic hydroxyl groups excluding tert-OH is 1. The summed E-state index contributed by atoms with van der Waals surface area (Å²) in [5.74, 6) is -0.346. The summed E-state index contributed by atoms with van der Waals surface area (Å²) in [4.78, 5) is 16.5. The van der Waals surface area contributed by atoms with Gasteiger partial charge in [-0.2, -0.15) is 0 Å². The van der Waals surface area contributed by atoms with Gasteiger partial charge in [0, 0.05) is 17.3 Å². The predicted octanol–water partition coefficient (Wildman–Crippen LogP) is 3.95. The first kappa shape index (κ1) is 19.4. The van der Waals surface area contributed by atoms with E-state index in [0.717, 1.165) is 5.56 Å². The first-order chi connectivity index (χ1) is 13.0. The maximum absolute atomic E-state index is 13.1. The number of aromatic nitrogens is 2. The highest BCUT2D eigenvalue weighted by molar-refractivity contribution is 7.99. The van der Waals surface area contributed by atoms with Gasteiger partial charge in [0.25, 0.3) is 0 Å². The molecule has 1 amide bonds. The van der Waals surface area contributed by atoms with Crippen LogP contribution in [0.2, 0.25) is 5.02 Å². The Labute approximate surface area is 165 Å². The third kappa shape index (κ3) is 5.32. The Hall–Kier alpha value is -2.35. The molecule has 0 atom stereocenters. The highest BCUT2D eigenvalue weighted by Crippen LogP contribution is 2.21. The molecule has 0 radical (unpaired) electrons. The van der Waals surface area contributed by atoms with Gasteiger partial charge in [0.1, 0.15) is 5.82 Å². The summed E-state index contributed by atoms with van der Waals surface area (Å²) < 4.78 is 14.9. The van der Waals surface area contributed by atoms with Crippen LogP contribution in [0, 0.1) is 5.82 Å². The number of nitrogens with zero attached hydrogens (tertiary/aromatic N) is 2. The third-order valence-electron chi connectivity index (χ3n) is 3.76. The first-order valence-electron chi connectivity index (χ1n) is 8.13. The largest absolute Gasteiger partial charge is 0.390 e. The van der Waals surface area contributed by atoms with Gasteiger partial charge in [0.05, 0.1) is 24.3 Å². The van der Waals surface area contributed by atoms with Crippen molar-refractivity contribution >= 4 is 35.0 Å². The Bertz CT molecular complexity index is 931. The molecule has 0 aliphatic heterocycles. The lowest BCUT2D eigenvalue weighted by Crippen LogP contribution is -2.15. The number of hydrogen-bond acceptors (Lipinski definition) is 4. The summed E-state index contributed by atoms with van der Waals surface area (Å²) in [6, 6.07) is 13.0. The molecule has 1 aromatic heterocycles. The minimum absolute atomic E-state index is 0.151. The lowest BCUT2D eigenvalue weighted by Gasteiger charge is -2.11. The van der Waals surface area contributed by atoms with Gasteiger partial charge in [-0.05, 0) is 35.9 Å². The highest BCUT2D eigenvalue weighted by atomic mass is 35.5. The van der Waals surface area contributed by atoms with Gasteiger partial charge in [-0.15, -0.1) is 0 Å². The predicted molar refractivity (Wildman–Crippen MR) is 104 cm³/mol. The van der Waals surface area contributed by atoms with Gasteiger partial charge >= 0.3 is 0 Å². The molecule has 2 N–H and O–H groups in total. The van der Waals surface area contributed by atoms with Crippen molar-refractivity contribution in [3.05, 3.63) is 76.8 Å². The number of benzene rings is 2. The summed E-state index contributed by atoms with van der Waals surface area (Å²) in [5.41, 5.74) is 2.12. The van der Waals surface area contributed by atoms with Crippen LogP contribution in [-0.2, 0) is 17.9 Å². The van der Waals surface area contributed by atoms with Gasteiger partial charge in [0.15, 0.2) is 5.16 Å². The molecule has 1 heterocycles. The quantitative estimate of drug-likeness (QED) is 0.584. The van der Waals surface area contributed by atoms with Crippen LogP contribution < -0.4 is 5.32 Å². The normalized spacial score (nSPS) is 10.8. The molecule has 0 fully saturated rings. The summed E-state index contributed by atoms with van der Waals surface area (Å²) in [6.45, 7) is 0.248. The fourth-order valence-corrected chi connectivity index (χ4v) is 3.46. The second kappa shape index (κ2) is 9.03. The third-order valence-corrected chi connectivity index (χ3v) is 4.98. The molecular formula is C19H17ClFN3O2S. The molecule has 0 unspecified atom stereocenters. The van der Waals surface area contributed by atoms with E-state index in [-0.39, 0.29) is 24.1 Å². The molecule has 5 nitrogen and oxygen atoms in total. The fourth-order valence-electron chi connectivity index (χ4n) is 2.47. The van der Waals surface area contributed by atoms with E-state index >= 15 is 0 Å². The summed E-state index contributed by atoms with van der Waals surface area (Å²) in [5, 5.41) is 13.5. The zero-order chi connectivity index (χ0) is 19.2. The monoisotopic (exact) mass is 405 g/mol. The van der Waals surface area contributed by atoms with Crippen molar-refractivity contribution in [2.45, 2.75) is 18.3 Å². The van der Waals surface area contributed by atoms with Crippen LogP contribution >= 0.6 is 23.4 Å². The smallest absolute Gasteiger partial charge is 0.234 e. The second-order valence-corrected chi connectivity index (χ2v) is 7.13. The average molecular weight is 406 g/mol. The van der Waals surface area contributed by atoms with Crippen LogP contribution in [0.15, 0.2) is 59.9 Å². The summed E-state index contributed by atoms with van der Waals surface area (Å²) in [7, 11) is 0. The number of carbonyl (C=O) groups is 1. The van der Waals surface area contributed by atoms with Crippen molar-refractivity contribution in [1.29, 1.82) is 0 Å². The van der Waals surface area contributed by atoms with Crippen molar-refractivity contribution in [2.75, 3.05) is 11.1 Å². The van der Waals surface area contributed by atoms with E-state index in [1.807, 2.05) is 4.57 Å². The molecule has 2 aromatic carbocycles. The lowest BCUT2D eigenvalue weighted by molar-refractivity contribution is -0.113. The van der Waals surface area contributed by atoms with E-state index < -0.39 is 0 Å². The fraction of sp³-hybridized carbons (Fsp3) is 0.158. The Kier molecular flexibility index (Phi) is 6.49. The topological polar surface area (TPSA) is 67.1 Å². The van der Waals surface area contributed by atoms with E-state index in [2.05, 4.69) is 10.3 Å². The Morgan fingerprint density at radius 1 is 1.26 bits per heavy atom. The molecule has 140 valence electrons. The molecular weight excluding hydrogens is 389 g/mol. The molecule has 0 spiro atoms. The molecule has 3 aromatic rings. The maximum atomic E-state index is 13.1. The number of anilines is 1. The molecule has 8 heteroatoms.